The zero-order valence-corrected chi connectivity index (χ0v) is 14.4. The molecule has 5 nitrogen and oxygen atoms in total. The average Bonchev–Trinajstić information content (AvgIpc) is 2.48. The molecule has 1 heterocycles. The van der Waals surface area contributed by atoms with Crippen molar-refractivity contribution in [3.8, 4) is 11.5 Å². The van der Waals surface area contributed by atoms with Crippen LogP contribution in [0.4, 0.5) is 4.79 Å². The third-order valence-electron chi connectivity index (χ3n) is 4.14. The van der Waals surface area contributed by atoms with Gasteiger partial charge in [0.1, 0.15) is 6.10 Å². The summed E-state index contributed by atoms with van der Waals surface area (Å²) in [5, 5.41) is 9.54. The van der Waals surface area contributed by atoms with Gasteiger partial charge in [-0.3, -0.25) is 0 Å². The van der Waals surface area contributed by atoms with Crippen molar-refractivity contribution >= 4 is 6.09 Å². The maximum atomic E-state index is 11.6. The highest BCUT2D eigenvalue weighted by atomic mass is 16.5. The van der Waals surface area contributed by atoms with E-state index in [1.807, 2.05) is 31.2 Å². The van der Waals surface area contributed by atoms with Gasteiger partial charge >= 0.3 is 6.09 Å². The van der Waals surface area contributed by atoms with E-state index in [4.69, 9.17) is 9.47 Å². The summed E-state index contributed by atoms with van der Waals surface area (Å²) in [7, 11) is 0. The first-order chi connectivity index (χ1) is 10.8. The van der Waals surface area contributed by atoms with Crippen LogP contribution in [0.3, 0.4) is 0 Å². The lowest BCUT2D eigenvalue weighted by Gasteiger charge is -2.46. The van der Waals surface area contributed by atoms with Gasteiger partial charge in [-0.2, -0.15) is 0 Å². The number of hydrogen-bond acceptors (Lipinski definition) is 3. The zero-order chi connectivity index (χ0) is 17.0. The number of benzene rings is 1. The summed E-state index contributed by atoms with van der Waals surface area (Å²) in [5.74, 6) is 1.39. The number of hydrogen-bond donors (Lipinski definition) is 1. The quantitative estimate of drug-likeness (QED) is 0.910. The van der Waals surface area contributed by atoms with Crippen molar-refractivity contribution in [2.45, 2.75) is 52.7 Å². The molecule has 5 heteroatoms. The Morgan fingerprint density at radius 3 is 2.52 bits per heavy atom. The zero-order valence-electron chi connectivity index (χ0n) is 14.4. The maximum Gasteiger partial charge on any atom is 0.407 e. The van der Waals surface area contributed by atoms with Crippen molar-refractivity contribution in [2.75, 3.05) is 13.2 Å². The summed E-state index contributed by atoms with van der Waals surface area (Å²) in [6, 6.07) is 7.38. The molecule has 0 aliphatic carbocycles. The number of amides is 1. The van der Waals surface area contributed by atoms with Crippen LogP contribution >= 0.6 is 0 Å². The van der Waals surface area contributed by atoms with Crippen molar-refractivity contribution in [3.05, 3.63) is 24.3 Å². The highest BCUT2D eigenvalue weighted by Gasteiger charge is 2.43. The smallest absolute Gasteiger partial charge is 0.407 e. The second-order valence-electron chi connectivity index (χ2n) is 6.97. The number of piperidine rings is 1. The van der Waals surface area contributed by atoms with Crippen molar-refractivity contribution in [2.24, 2.45) is 5.41 Å². The van der Waals surface area contributed by atoms with Gasteiger partial charge in [-0.1, -0.05) is 32.9 Å². The molecule has 2 rings (SSSR count). The van der Waals surface area contributed by atoms with Gasteiger partial charge in [0.15, 0.2) is 11.5 Å². The van der Waals surface area contributed by atoms with E-state index in [0.29, 0.717) is 24.7 Å². The number of carboxylic acid groups (broad SMARTS) is 1. The third kappa shape index (κ3) is 4.09. The van der Waals surface area contributed by atoms with Crippen LogP contribution in [-0.4, -0.2) is 41.4 Å². The first-order valence-corrected chi connectivity index (χ1v) is 8.22. The number of likely N-dealkylation sites (tertiary alicyclic amines) is 1. The molecule has 0 spiro atoms. The van der Waals surface area contributed by atoms with Crippen LogP contribution in [0.15, 0.2) is 24.3 Å². The number of rotatable bonds is 4. The van der Waals surface area contributed by atoms with Gasteiger partial charge in [0.25, 0.3) is 0 Å². The van der Waals surface area contributed by atoms with E-state index in [1.165, 1.54) is 4.90 Å². The van der Waals surface area contributed by atoms with E-state index in [2.05, 4.69) is 20.8 Å². The number of ether oxygens (including phenoxy) is 2. The van der Waals surface area contributed by atoms with Crippen molar-refractivity contribution in [3.63, 3.8) is 0 Å². The second kappa shape index (κ2) is 7.11. The minimum atomic E-state index is -0.878. The largest absolute Gasteiger partial charge is 0.490 e. The van der Waals surface area contributed by atoms with Crippen LogP contribution in [0.1, 0.15) is 40.5 Å². The molecule has 0 bridgehead atoms. The summed E-state index contributed by atoms with van der Waals surface area (Å²) in [6.07, 6.45) is 0.588. The average molecular weight is 321 g/mol. The molecule has 128 valence electrons. The molecular formula is C18H27NO4. The molecule has 2 unspecified atom stereocenters. The fraction of sp³-hybridized carbons (Fsp3) is 0.611. The van der Waals surface area contributed by atoms with E-state index < -0.39 is 6.09 Å². The Bertz CT molecular complexity index is 538. The van der Waals surface area contributed by atoms with Crippen LogP contribution in [0, 0.1) is 5.41 Å². The molecule has 1 N–H and O–H groups in total. The molecule has 0 aromatic heterocycles. The molecule has 1 fully saturated rings. The van der Waals surface area contributed by atoms with Gasteiger partial charge in [0.2, 0.25) is 0 Å². The lowest BCUT2D eigenvalue weighted by atomic mass is 9.79. The van der Waals surface area contributed by atoms with Gasteiger partial charge in [-0.05, 0) is 37.3 Å². The van der Waals surface area contributed by atoms with Gasteiger partial charge in [0, 0.05) is 6.54 Å². The Kier molecular flexibility index (Phi) is 5.39. The standard InChI is InChI=1S/C18H27NO4/c1-5-22-13-9-6-7-10-14(13)23-15-11-8-12-19(17(20)21)16(15)18(2,3)4/h6-7,9-10,15-16H,5,8,11-12H2,1-4H3,(H,20,21). The van der Waals surface area contributed by atoms with E-state index >= 15 is 0 Å². The summed E-state index contributed by atoms with van der Waals surface area (Å²) in [4.78, 5) is 13.1. The topological polar surface area (TPSA) is 59.0 Å². The molecule has 23 heavy (non-hydrogen) atoms. The Labute approximate surface area is 138 Å². The summed E-state index contributed by atoms with van der Waals surface area (Å²) in [6.45, 7) is 9.23. The van der Waals surface area contributed by atoms with E-state index in [9.17, 15) is 9.90 Å². The van der Waals surface area contributed by atoms with Crippen molar-refractivity contribution in [1.82, 2.24) is 4.90 Å². The molecule has 1 aliphatic heterocycles. The molecule has 1 aliphatic rings. The molecule has 1 amide bonds. The highest BCUT2D eigenvalue weighted by Crippen LogP contribution is 2.36. The third-order valence-corrected chi connectivity index (χ3v) is 4.14. The van der Waals surface area contributed by atoms with Crippen molar-refractivity contribution < 1.29 is 19.4 Å². The SMILES string of the molecule is CCOc1ccccc1OC1CCCN(C(=O)O)C1C(C)(C)C. The van der Waals surface area contributed by atoms with E-state index in [0.717, 1.165) is 12.8 Å². The Morgan fingerprint density at radius 2 is 1.96 bits per heavy atom. The predicted molar refractivity (Wildman–Crippen MR) is 89.2 cm³/mol. The Balaban J connectivity index is 2.27. The summed E-state index contributed by atoms with van der Waals surface area (Å²) < 4.78 is 11.8. The van der Waals surface area contributed by atoms with Crippen LogP contribution in [-0.2, 0) is 0 Å². The minimum absolute atomic E-state index is 0.179. The lowest BCUT2D eigenvalue weighted by Crippen LogP contribution is -2.58. The summed E-state index contributed by atoms with van der Waals surface area (Å²) >= 11 is 0. The van der Waals surface area contributed by atoms with Crippen LogP contribution in [0.2, 0.25) is 0 Å². The molecule has 1 aromatic carbocycles. The minimum Gasteiger partial charge on any atom is -0.490 e. The number of carbonyl (C=O) groups is 1. The monoisotopic (exact) mass is 321 g/mol. The number of para-hydroxylation sites is 2. The molecule has 0 saturated carbocycles. The molecule has 1 aromatic rings. The molecule has 0 radical (unpaired) electrons. The second-order valence-corrected chi connectivity index (χ2v) is 6.97. The van der Waals surface area contributed by atoms with Gasteiger partial charge in [0.05, 0.1) is 12.6 Å². The summed E-state index contributed by atoms with van der Waals surface area (Å²) in [5.41, 5.74) is -0.204. The first-order valence-electron chi connectivity index (χ1n) is 8.22. The lowest BCUT2D eigenvalue weighted by molar-refractivity contribution is -0.0194. The van der Waals surface area contributed by atoms with Crippen molar-refractivity contribution in [1.29, 1.82) is 0 Å². The van der Waals surface area contributed by atoms with Gasteiger partial charge in [-0.25, -0.2) is 4.79 Å². The number of nitrogens with zero attached hydrogens (tertiary/aromatic N) is 1. The van der Waals surface area contributed by atoms with Crippen LogP contribution < -0.4 is 9.47 Å². The Morgan fingerprint density at radius 1 is 1.30 bits per heavy atom. The Hall–Kier alpha value is -1.91. The fourth-order valence-electron chi connectivity index (χ4n) is 3.31. The molecular weight excluding hydrogens is 294 g/mol. The van der Waals surface area contributed by atoms with E-state index in [-0.39, 0.29) is 17.6 Å². The van der Waals surface area contributed by atoms with Crippen LogP contribution in [0.25, 0.3) is 0 Å². The fourth-order valence-corrected chi connectivity index (χ4v) is 3.31. The first kappa shape index (κ1) is 17.4. The van der Waals surface area contributed by atoms with Gasteiger partial charge in [-0.15, -0.1) is 0 Å². The molecule has 1 saturated heterocycles. The normalized spacial score (nSPS) is 21.8. The predicted octanol–water partition coefficient (Wildman–Crippen LogP) is 4.02. The van der Waals surface area contributed by atoms with Crippen LogP contribution in [0.5, 0.6) is 11.5 Å². The molecule has 2 atom stereocenters. The van der Waals surface area contributed by atoms with Gasteiger partial charge < -0.3 is 19.5 Å². The maximum absolute atomic E-state index is 11.6. The highest BCUT2D eigenvalue weighted by molar-refractivity contribution is 5.66. The van der Waals surface area contributed by atoms with E-state index in [1.54, 1.807) is 0 Å².